The van der Waals surface area contributed by atoms with Crippen LogP contribution < -0.4 is 15.8 Å². The molecule has 0 saturated heterocycles. The monoisotopic (exact) mass is 389 g/mol. The molecular weight excluding hydrogens is 366 g/mol. The Morgan fingerprint density at radius 2 is 1.97 bits per heavy atom. The second-order valence-corrected chi connectivity index (χ2v) is 7.51. The highest BCUT2D eigenvalue weighted by atomic mass is 16.5. The summed E-state index contributed by atoms with van der Waals surface area (Å²) in [6.07, 6.45) is 9.53. The van der Waals surface area contributed by atoms with Gasteiger partial charge in [-0.05, 0) is 49.4 Å². The first-order valence-corrected chi connectivity index (χ1v) is 9.87. The fraction of sp³-hybridized carbons (Fsp3) is 0.333. The van der Waals surface area contributed by atoms with Crippen LogP contribution in [0.25, 0.3) is 27.5 Å². The van der Waals surface area contributed by atoms with Crippen LogP contribution in [0, 0.1) is 0 Å². The van der Waals surface area contributed by atoms with E-state index in [2.05, 4.69) is 25.4 Å². The van der Waals surface area contributed by atoms with E-state index in [1.807, 2.05) is 41.2 Å². The molecule has 0 amide bonds. The van der Waals surface area contributed by atoms with E-state index in [9.17, 15) is 0 Å². The minimum absolute atomic E-state index is 0.328. The maximum atomic E-state index is 6.00. The van der Waals surface area contributed by atoms with E-state index < -0.39 is 0 Å². The quantitative estimate of drug-likeness (QED) is 0.553. The number of nitrogens with one attached hydrogen (secondary N) is 1. The molecule has 0 atom stereocenters. The predicted molar refractivity (Wildman–Crippen MR) is 112 cm³/mol. The minimum atomic E-state index is 0.328. The van der Waals surface area contributed by atoms with Gasteiger partial charge in [-0.2, -0.15) is 0 Å². The van der Waals surface area contributed by atoms with E-state index in [0.29, 0.717) is 23.9 Å². The highest BCUT2D eigenvalue weighted by Crippen LogP contribution is 2.30. The number of methoxy groups -OCH3 is 1. The van der Waals surface area contributed by atoms with Crippen molar-refractivity contribution in [1.82, 2.24) is 24.6 Å². The van der Waals surface area contributed by atoms with Gasteiger partial charge in [0.2, 0.25) is 11.8 Å². The second-order valence-electron chi connectivity index (χ2n) is 7.51. The molecule has 0 unspecified atom stereocenters. The summed E-state index contributed by atoms with van der Waals surface area (Å²) in [6.45, 7) is 0. The predicted octanol–water partition coefficient (Wildman–Crippen LogP) is 3.03. The van der Waals surface area contributed by atoms with E-state index >= 15 is 0 Å². The van der Waals surface area contributed by atoms with Gasteiger partial charge in [0.15, 0.2) is 0 Å². The van der Waals surface area contributed by atoms with E-state index in [4.69, 9.17) is 10.5 Å². The molecule has 0 spiro atoms. The summed E-state index contributed by atoms with van der Waals surface area (Å²) in [5.74, 6) is 1.21. The summed E-state index contributed by atoms with van der Waals surface area (Å²) in [5.41, 5.74) is 9.87. The lowest BCUT2D eigenvalue weighted by Crippen LogP contribution is -2.33. The van der Waals surface area contributed by atoms with Gasteiger partial charge in [-0.3, -0.25) is 0 Å². The highest BCUT2D eigenvalue weighted by molar-refractivity contribution is 5.91. The highest BCUT2D eigenvalue weighted by Gasteiger charge is 2.19. The number of ether oxygens (including phenoxy) is 1. The summed E-state index contributed by atoms with van der Waals surface area (Å²) in [7, 11) is 1.62. The first-order chi connectivity index (χ1) is 14.2. The van der Waals surface area contributed by atoms with Gasteiger partial charge >= 0.3 is 0 Å². The van der Waals surface area contributed by atoms with Gasteiger partial charge in [0, 0.05) is 23.8 Å². The van der Waals surface area contributed by atoms with Crippen LogP contribution in [-0.2, 0) is 0 Å². The van der Waals surface area contributed by atoms with Crippen molar-refractivity contribution < 1.29 is 4.74 Å². The van der Waals surface area contributed by atoms with E-state index in [1.54, 1.807) is 7.11 Å². The topological polar surface area (TPSA) is 103 Å². The SMILES string of the molecule is COc1ncnc2ccc(-c3ccn4nc(N[C@H]5CC[C@@H](N)CC5)ncc34)cc12. The smallest absolute Gasteiger partial charge is 0.241 e. The number of hydrogen-bond acceptors (Lipinski definition) is 7. The molecule has 1 aliphatic rings. The lowest BCUT2D eigenvalue weighted by molar-refractivity contribution is 0.402. The largest absolute Gasteiger partial charge is 0.480 e. The number of anilines is 1. The number of rotatable bonds is 4. The van der Waals surface area contributed by atoms with Crippen molar-refractivity contribution in [2.24, 2.45) is 5.73 Å². The van der Waals surface area contributed by atoms with Gasteiger partial charge in [-0.25, -0.2) is 19.5 Å². The van der Waals surface area contributed by atoms with Crippen molar-refractivity contribution in [1.29, 1.82) is 0 Å². The zero-order valence-corrected chi connectivity index (χ0v) is 16.2. The number of hydrogen-bond donors (Lipinski definition) is 2. The molecule has 8 heteroatoms. The molecule has 3 heterocycles. The molecule has 148 valence electrons. The van der Waals surface area contributed by atoms with Gasteiger partial charge in [0.05, 0.1) is 29.7 Å². The van der Waals surface area contributed by atoms with E-state index in [-0.39, 0.29) is 0 Å². The number of fused-ring (bicyclic) bond motifs is 2. The minimum Gasteiger partial charge on any atom is -0.480 e. The molecule has 8 nitrogen and oxygen atoms in total. The summed E-state index contributed by atoms with van der Waals surface area (Å²) >= 11 is 0. The molecule has 1 saturated carbocycles. The zero-order chi connectivity index (χ0) is 19.8. The lowest BCUT2D eigenvalue weighted by atomic mass is 9.92. The average Bonchev–Trinajstić information content (AvgIpc) is 3.18. The normalized spacial score (nSPS) is 19.5. The molecule has 0 radical (unpaired) electrons. The molecule has 1 aliphatic carbocycles. The Morgan fingerprint density at radius 3 is 2.79 bits per heavy atom. The maximum Gasteiger partial charge on any atom is 0.241 e. The third-order valence-corrected chi connectivity index (χ3v) is 5.62. The van der Waals surface area contributed by atoms with Crippen LogP contribution in [0.2, 0.25) is 0 Å². The summed E-state index contributed by atoms with van der Waals surface area (Å²) in [5, 5.41) is 8.97. The third kappa shape index (κ3) is 3.36. The fourth-order valence-electron chi connectivity index (χ4n) is 4.02. The number of aromatic nitrogens is 5. The van der Waals surface area contributed by atoms with Crippen LogP contribution in [0.15, 0.2) is 43.0 Å². The molecule has 1 aromatic carbocycles. The van der Waals surface area contributed by atoms with Crippen LogP contribution in [0.3, 0.4) is 0 Å². The molecule has 29 heavy (non-hydrogen) atoms. The molecule has 0 bridgehead atoms. The van der Waals surface area contributed by atoms with Crippen LogP contribution >= 0.6 is 0 Å². The lowest BCUT2D eigenvalue weighted by Gasteiger charge is -2.26. The Hall–Kier alpha value is -3.26. The van der Waals surface area contributed by atoms with Gasteiger partial charge in [0.1, 0.15) is 6.33 Å². The first kappa shape index (κ1) is 17.8. The maximum absolute atomic E-state index is 6.00. The molecule has 5 rings (SSSR count). The van der Waals surface area contributed by atoms with Crippen LogP contribution in [0.1, 0.15) is 25.7 Å². The van der Waals surface area contributed by atoms with Crippen molar-refractivity contribution >= 4 is 22.4 Å². The zero-order valence-electron chi connectivity index (χ0n) is 16.2. The number of nitrogens with two attached hydrogens (primary N) is 1. The molecule has 3 aromatic heterocycles. The third-order valence-electron chi connectivity index (χ3n) is 5.62. The molecular formula is C21H23N7O. The Balaban J connectivity index is 1.46. The second kappa shape index (κ2) is 7.29. The molecule has 0 aliphatic heterocycles. The number of nitrogens with zero attached hydrogens (tertiary/aromatic N) is 5. The number of benzene rings is 1. The van der Waals surface area contributed by atoms with Gasteiger partial charge in [-0.15, -0.1) is 5.10 Å². The standard InChI is InChI=1S/C21H23N7O/c1-29-20-17-10-13(2-7-18(17)24-12-25-20)16-8-9-28-19(16)11-23-21(27-28)26-15-5-3-14(22)4-6-15/h2,7-12,14-15H,3-6,22H2,1H3,(H,26,27)/t14-,15+. The molecule has 1 fully saturated rings. The fourth-order valence-corrected chi connectivity index (χ4v) is 4.02. The van der Waals surface area contributed by atoms with Crippen molar-refractivity contribution in [3.63, 3.8) is 0 Å². The Labute approximate surface area is 168 Å². The van der Waals surface area contributed by atoms with Crippen molar-refractivity contribution in [2.75, 3.05) is 12.4 Å². The van der Waals surface area contributed by atoms with Crippen molar-refractivity contribution in [3.8, 4) is 17.0 Å². The Morgan fingerprint density at radius 1 is 1.10 bits per heavy atom. The molecule has 4 aromatic rings. The van der Waals surface area contributed by atoms with Crippen LogP contribution in [-0.4, -0.2) is 43.8 Å². The van der Waals surface area contributed by atoms with Gasteiger partial charge < -0.3 is 15.8 Å². The van der Waals surface area contributed by atoms with Crippen molar-refractivity contribution in [2.45, 2.75) is 37.8 Å². The first-order valence-electron chi connectivity index (χ1n) is 9.87. The Bertz CT molecular complexity index is 1160. The Kier molecular flexibility index (Phi) is 4.48. The van der Waals surface area contributed by atoms with Gasteiger partial charge in [-0.1, -0.05) is 6.07 Å². The van der Waals surface area contributed by atoms with E-state index in [0.717, 1.165) is 53.2 Å². The van der Waals surface area contributed by atoms with E-state index in [1.165, 1.54) is 6.33 Å². The summed E-state index contributed by atoms with van der Waals surface area (Å²) in [4.78, 5) is 13.1. The van der Waals surface area contributed by atoms with Crippen LogP contribution in [0.5, 0.6) is 5.88 Å². The summed E-state index contributed by atoms with van der Waals surface area (Å²) in [6, 6.07) is 8.82. The average molecular weight is 389 g/mol. The van der Waals surface area contributed by atoms with Gasteiger partial charge in [0.25, 0.3) is 0 Å². The van der Waals surface area contributed by atoms with Crippen molar-refractivity contribution in [3.05, 3.63) is 43.0 Å². The van der Waals surface area contributed by atoms with Crippen LogP contribution in [0.4, 0.5) is 5.95 Å². The molecule has 3 N–H and O–H groups in total. The summed E-state index contributed by atoms with van der Waals surface area (Å²) < 4.78 is 7.25.